The second-order valence-electron chi connectivity index (χ2n) is 8.86. The van der Waals surface area contributed by atoms with Crippen LogP contribution in [0.25, 0.3) is 10.8 Å². The number of benzene rings is 3. The van der Waals surface area contributed by atoms with Crippen LogP contribution in [0, 0.1) is 0 Å². The van der Waals surface area contributed by atoms with Gasteiger partial charge in [-0.1, -0.05) is 48.5 Å². The van der Waals surface area contributed by atoms with Gasteiger partial charge in [0, 0.05) is 29.6 Å². The highest BCUT2D eigenvalue weighted by Crippen LogP contribution is 2.36. The molecule has 1 N–H and O–H groups in total. The Bertz CT molecular complexity index is 1180. The monoisotopic (exact) mass is 454 g/mol. The van der Waals surface area contributed by atoms with E-state index in [2.05, 4.69) is 4.90 Å². The summed E-state index contributed by atoms with van der Waals surface area (Å²) in [6.07, 6.45) is -3.79. The van der Waals surface area contributed by atoms with E-state index < -0.39 is 18.0 Å². The number of likely N-dealkylation sites (tertiary alicyclic amines) is 1. The summed E-state index contributed by atoms with van der Waals surface area (Å²) in [6.45, 7) is 2.48. The molecule has 3 aromatic carbocycles. The van der Waals surface area contributed by atoms with E-state index in [1.165, 1.54) is 17.0 Å². The molecule has 3 aromatic rings. The summed E-state index contributed by atoms with van der Waals surface area (Å²) in [7, 11) is 0. The van der Waals surface area contributed by atoms with E-state index in [1.54, 1.807) is 12.1 Å². The molecule has 7 heteroatoms. The van der Waals surface area contributed by atoms with Crippen LogP contribution < -0.4 is 0 Å². The van der Waals surface area contributed by atoms with Crippen molar-refractivity contribution in [3.05, 3.63) is 82.9 Å². The molecular weight excluding hydrogens is 429 g/mol. The van der Waals surface area contributed by atoms with Gasteiger partial charge in [0.1, 0.15) is 0 Å². The zero-order valence-corrected chi connectivity index (χ0v) is 18.1. The molecule has 1 atom stereocenters. The van der Waals surface area contributed by atoms with Crippen LogP contribution >= 0.6 is 0 Å². The highest BCUT2D eigenvalue weighted by atomic mass is 19.4. The van der Waals surface area contributed by atoms with E-state index in [0.717, 1.165) is 53.9 Å². The number of halogens is 3. The second kappa shape index (κ2) is 8.47. The molecule has 1 amide bonds. The maximum Gasteiger partial charge on any atom is 0.416 e. The Morgan fingerprint density at radius 2 is 1.64 bits per heavy atom. The van der Waals surface area contributed by atoms with Crippen molar-refractivity contribution in [3.8, 4) is 0 Å². The molecule has 0 spiro atoms. The summed E-state index contributed by atoms with van der Waals surface area (Å²) in [4.78, 5) is 16.8. The third-order valence-electron chi connectivity index (χ3n) is 6.93. The van der Waals surface area contributed by atoms with Crippen molar-refractivity contribution in [1.29, 1.82) is 0 Å². The number of hydrogen-bond donors (Lipinski definition) is 1. The van der Waals surface area contributed by atoms with Gasteiger partial charge in [0.2, 0.25) is 0 Å². The summed E-state index contributed by atoms with van der Waals surface area (Å²) in [5.41, 5.74) is 1.48. The van der Waals surface area contributed by atoms with Crippen LogP contribution in [0.4, 0.5) is 13.2 Å². The molecule has 2 aliphatic heterocycles. The smallest absolute Gasteiger partial charge is 0.369 e. The average molecular weight is 454 g/mol. The number of nitrogens with zero attached hydrogens (tertiary/aromatic N) is 2. The van der Waals surface area contributed by atoms with Crippen molar-refractivity contribution < 1.29 is 23.1 Å². The Kier molecular flexibility index (Phi) is 5.62. The SMILES string of the molecule is O=C1c2cccc3cccc(c23)C(O)N1CCN1CCC(c2cccc(C(F)(F)F)c2)CC1. The summed E-state index contributed by atoms with van der Waals surface area (Å²) in [5.74, 6) is -0.0825. The molecule has 2 aliphatic rings. The molecule has 4 nitrogen and oxygen atoms in total. The lowest BCUT2D eigenvalue weighted by atomic mass is 9.88. The van der Waals surface area contributed by atoms with Gasteiger partial charge >= 0.3 is 6.18 Å². The molecule has 33 heavy (non-hydrogen) atoms. The Balaban J connectivity index is 1.23. The zero-order chi connectivity index (χ0) is 23.2. The fourth-order valence-corrected chi connectivity index (χ4v) is 5.13. The number of rotatable bonds is 4. The van der Waals surface area contributed by atoms with Gasteiger partial charge in [0.25, 0.3) is 5.91 Å². The summed E-state index contributed by atoms with van der Waals surface area (Å²) in [6, 6.07) is 16.9. The maximum absolute atomic E-state index is 13.1. The summed E-state index contributed by atoms with van der Waals surface area (Å²) in [5, 5.41) is 12.7. The Morgan fingerprint density at radius 3 is 2.36 bits per heavy atom. The highest BCUT2D eigenvalue weighted by Gasteiger charge is 2.34. The van der Waals surface area contributed by atoms with Gasteiger partial charge in [-0.25, -0.2) is 0 Å². The quantitative estimate of drug-likeness (QED) is 0.591. The van der Waals surface area contributed by atoms with Crippen molar-refractivity contribution in [1.82, 2.24) is 9.80 Å². The third kappa shape index (κ3) is 4.11. The lowest BCUT2D eigenvalue weighted by Crippen LogP contribution is -2.44. The van der Waals surface area contributed by atoms with E-state index in [4.69, 9.17) is 0 Å². The van der Waals surface area contributed by atoms with Crippen LogP contribution in [-0.2, 0) is 6.18 Å². The Hall–Kier alpha value is -2.90. The molecule has 172 valence electrons. The van der Waals surface area contributed by atoms with Crippen molar-refractivity contribution in [2.75, 3.05) is 26.2 Å². The standard InChI is InChI=1S/C26H25F3N2O2/c27-26(28,29)20-7-1-6-19(16-20)17-10-12-30(13-11-17)14-15-31-24(32)21-8-2-4-18-5-3-9-22(23(18)21)25(31)33/h1-9,16-17,24,32H,10-15H2. The fourth-order valence-electron chi connectivity index (χ4n) is 5.13. The van der Waals surface area contributed by atoms with Crippen LogP contribution in [0.3, 0.4) is 0 Å². The van der Waals surface area contributed by atoms with Gasteiger partial charge in [0.15, 0.2) is 6.23 Å². The van der Waals surface area contributed by atoms with E-state index in [9.17, 15) is 23.1 Å². The minimum Gasteiger partial charge on any atom is -0.369 e. The number of aliphatic hydroxyl groups excluding tert-OH is 1. The number of hydrogen-bond acceptors (Lipinski definition) is 3. The van der Waals surface area contributed by atoms with E-state index >= 15 is 0 Å². The second-order valence-corrected chi connectivity index (χ2v) is 8.86. The van der Waals surface area contributed by atoms with Gasteiger partial charge < -0.3 is 14.9 Å². The summed E-state index contributed by atoms with van der Waals surface area (Å²) >= 11 is 0. The van der Waals surface area contributed by atoms with Crippen LogP contribution in [0.15, 0.2) is 60.7 Å². The van der Waals surface area contributed by atoms with Crippen LogP contribution in [0.5, 0.6) is 0 Å². The average Bonchev–Trinajstić information content (AvgIpc) is 2.82. The van der Waals surface area contributed by atoms with Gasteiger partial charge in [-0.05, 0) is 54.9 Å². The van der Waals surface area contributed by atoms with Crippen LogP contribution in [-0.4, -0.2) is 47.0 Å². The number of piperidine rings is 1. The molecule has 0 aromatic heterocycles. The molecule has 1 fully saturated rings. The number of amides is 1. The Morgan fingerprint density at radius 1 is 0.939 bits per heavy atom. The first kappa shape index (κ1) is 21.9. The first-order valence-corrected chi connectivity index (χ1v) is 11.2. The van der Waals surface area contributed by atoms with E-state index in [0.29, 0.717) is 18.7 Å². The first-order valence-electron chi connectivity index (χ1n) is 11.2. The molecule has 2 heterocycles. The molecule has 0 radical (unpaired) electrons. The lowest BCUT2D eigenvalue weighted by molar-refractivity contribution is -0.137. The maximum atomic E-state index is 13.1. The minimum absolute atomic E-state index is 0.0928. The fraction of sp³-hybridized carbons (Fsp3) is 0.346. The third-order valence-corrected chi connectivity index (χ3v) is 6.93. The van der Waals surface area contributed by atoms with Gasteiger partial charge in [-0.15, -0.1) is 0 Å². The lowest BCUT2D eigenvalue weighted by Gasteiger charge is -2.37. The molecule has 5 rings (SSSR count). The summed E-state index contributed by atoms with van der Waals surface area (Å²) < 4.78 is 39.1. The number of carbonyl (C=O) groups excluding carboxylic acids is 1. The number of aliphatic hydroxyl groups is 1. The normalized spacial score (nSPS) is 19.9. The molecule has 0 aliphatic carbocycles. The van der Waals surface area contributed by atoms with Gasteiger partial charge in [-0.2, -0.15) is 13.2 Å². The van der Waals surface area contributed by atoms with E-state index in [-0.39, 0.29) is 11.8 Å². The van der Waals surface area contributed by atoms with E-state index in [1.807, 2.05) is 30.3 Å². The number of alkyl halides is 3. The predicted molar refractivity (Wildman–Crippen MR) is 120 cm³/mol. The highest BCUT2D eigenvalue weighted by molar-refractivity contribution is 6.10. The van der Waals surface area contributed by atoms with Crippen molar-refractivity contribution in [2.24, 2.45) is 0 Å². The topological polar surface area (TPSA) is 43.8 Å². The molecule has 1 unspecified atom stereocenters. The molecule has 1 saturated heterocycles. The van der Waals surface area contributed by atoms with Crippen molar-refractivity contribution >= 4 is 16.7 Å². The molecule has 0 bridgehead atoms. The van der Waals surface area contributed by atoms with Crippen molar-refractivity contribution in [3.63, 3.8) is 0 Å². The largest absolute Gasteiger partial charge is 0.416 e. The predicted octanol–water partition coefficient (Wildman–Crippen LogP) is 5.18. The number of carbonyl (C=O) groups is 1. The molecular formula is C26H25F3N2O2. The van der Waals surface area contributed by atoms with Crippen molar-refractivity contribution in [2.45, 2.75) is 31.2 Å². The van der Waals surface area contributed by atoms with Crippen LogP contribution in [0.1, 0.15) is 52.0 Å². The molecule has 0 saturated carbocycles. The van der Waals surface area contributed by atoms with Gasteiger partial charge in [0.05, 0.1) is 5.56 Å². The minimum atomic E-state index is -4.33. The first-order chi connectivity index (χ1) is 15.8. The van der Waals surface area contributed by atoms with Crippen LogP contribution in [0.2, 0.25) is 0 Å². The Labute approximate surface area is 190 Å². The van der Waals surface area contributed by atoms with Gasteiger partial charge in [-0.3, -0.25) is 4.79 Å². The zero-order valence-electron chi connectivity index (χ0n) is 18.1.